The van der Waals surface area contributed by atoms with Crippen LogP contribution in [0.5, 0.6) is 17.2 Å². The van der Waals surface area contributed by atoms with Crippen molar-refractivity contribution in [2.45, 2.75) is 18.8 Å². The number of pyridine rings is 1. The average molecular weight is 508 g/mol. The van der Waals surface area contributed by atoms with E-state index in [2.05, 4.69) is 15.0 Å². The lowest BCUT2D eigenvalue weighted by Gasteiger charge is -2.25. The van der Waals surface area contributed by atoms with E-state index in [1.165, 1.54) is 37.4 Å². The molecule has 12 heteroatoms. The number of alkyl halides is 3. The Kier molecular flexibility index (Phi) is 8.30. The minimum atomic E-state index is -4.85. The second kappa shape index (κ2) is 11.4. The molecule has 1 unspecified atom stereocenters. The lowest BCUT2D eigenvalue weighted by Crippen LogP contribution is -2.32. The number of nitrogens with one attached hydrogen (secondary N) is 1. The fraction of sp³-hybridized carbons (Fsp3) is 0.208. The van der Waals surface area contributed by atoms with Gasteiger partial charge in [-0.2, -0.15) is 0 Å². The summed E-state index contributed by atoms with van der Waals surface area (Å²) < 4.78 is 61.0. The molecule has 1 atom stereocenters. The number of ether oxygens (including phenoxy) is 3. The second-order valence-corrected chi connectivity index (χ2v) is 7.25. The number of benzene rings is 2. The smallest absolute Gasteiger partial charge is 0.496 e. The average Bonchev–Trinajstić information content (AvgIpc) is 2.85. The van der Waals surface area contributed by atoms with Crippen molar-refractivity contribution in [2.24, 2.45) is 0 Å². The SMILES string of the molecule is COc1ccc(C(=O)NC2CCOc3cccnc32)cc1C(=O)O.Fc1ccccc1OC(F)(F)F. The molecule has 2 N–H and O–H groups in total. The second-order valence-electron chi connectivity index (χ2n) is 7.25. The monoisotopic (exact) mass is 508 g/mol. The van der Waals surface area contributed by atoms with E-state index in [4.69, 9.17) is 9.47 Å². The van der Waals surface area contributed by atoms with Crippen LogP contribution in [0.2, 0.25) is 0 Å². The molecular formula is C24H20F4N2O6. The number of rotatable bonds is 5. The van der Waals surface area contributed by atoms with Crippen LogP contribution in [0.15, 0.2) is 60.8 Å². The molecule has 36 heavy (non-hydrogen) atoms. The standard InChI is InChI=1S/C17H16N2O5.C7H4F4O/c1-23-13-5-4-10(9-11(13)17(21)22)16(20)19-12-6-8-24-14-3-2-7-18-15(12)14;8-5-3-1-2-4-6(5)12-7(9,10)11/h2-5,7,9,12H,6,8H2,1H3,(H,19,20)(H,21,22);1-4H. The van der Waals surface area contributed by atoms with Crippen molar-refractivity contribution in [1.82, 2.24) is 10.3 Å². The Morgan fingerprint density at radius 2 is 1.86 bits per heavy atom. The summed E-state index contributed by atoms with van der Waals surface area (Å²) in [5.41, 5.74) is 0.858. The largest absolute Gasteiger partial charge is 0.573 e. The van der Waals surface area contributed by atoms with Gasteiger partial charge in [-0.1, -0.05) is 12.1 Å². The molecule has 0 saturated heterocycles. The van der Waals surface area contributed by atoms with Gasteiger partial charge < -0.3 is 24.6 Å². The van der Waals surface area contributed by atoms with E-state index in [-0.39, 0.29) is 28.8 Å². The number of carbonyl (C=O) groups is 2. The van der Waals surface area contributed by atoms with Gasteiger partial charge in [0.25, 0.3) is 5.91 Å². The van der Waals surface area contributed by atoms with Crippen molar-refractivity contribution >= 4 is 11.9 Å². The first-order valence-electron chi connectivity index (χ1n) is 10.4. The number of carboxylic acid groups (broad SMARTS) is 1. The van der Waals surface area contributed by atoms with Gasteiger partial charge in [-0.05, 0) is 42.5 Å². The highest BCUT2D eigenvalue weighted by Gasteiger charge is 2.32. The van der Waals surface area contributed by atoms with Gasteiger partial charge in [0, 0.05) is 18.2 Å². The number of aromatic nitrogens is 1. The normalized spacial score (nSPS) is 14.3. The zero-order valence-corrected chi connectivity index (χ0v) is 18.7. The molecule has 0 saturated carbocycles. The van der Waals surface area contributed by atoms with Crippen molar-refractivity contribution in [3.05, 3.63) is 83.4 Å². The molecule has 0 fully saturated rings. The number of para-hydroxylation sites is 1. The van der Waals surface area contributed by atoms with Crippen molar-refractivity contribution < 1.29 is 46.5 Å². The van der Waals surface area contributed by atoms with Gasteiger partial charge in [0.05, 0.1) is 19.8 Å². The number of fused-ring (bicyclic) bond motifs is 1. The Labute approximate surface area is 202 Å². The van der Waals surface area contributed by atoms with E-state index in [1.54, 1.807) is 18.3 Å². The first-order chi connectivity index (χ1) is 17.1. The van der Waals surface area contributed by atoms with Gasteiger partial charge in [-0.3, -0.25) is 9.78 Å². The highest BCUT2D eigenvalue weighted by Crippen LogP contribution is 2.30. The zero-order chi connectivity index (χ0) is 26.3. The Morgan fingerprint density at radius 3 is 2.53 bits per heavy atom. The Morgan fingerprint density at radius 1 is 1.11 bits per heavy atom. The van der Waals surface area contributed by atoms with Crippen LogP contribution in [0.3, 0.4) is 0 Å². The quantitative estimate of drug-likeness (QED) is 0.479. The third kappa shape index (κ3) is 6.84. The fourth-order valence-corrected chi connectivity index (χ4v) is 3.26. The summed E-state index contributed by atoms with van der Waals surface area (Å²) in [4.78, 5) is 28.0. The highest BCUT2D eigenvalue weighted by atomic mass is 19.4. The van der Waals surface area contributed by atoms with Crippen molar-refractivity contribution in [3.63, 3.8) is 0 Å². The predicted octanol–water partition coefficient (Wildman–Crippen LogP) is 4.77. The molecular weight excluding hydrogens is 488 g/mol. The van der Waals surface area contributed by atoms with Crippen LogP contribution in [0.1, 0.15) is 38.9 Å². The molecule has 3 aromatic rings. The van der Waals surface area contributed by atoms with E-state index in [1.807, 2.05) is 0 Å². The molecule has 0 aliphatic carbocycles. The first kappa shape index (κ1) is 26.3. The summed E-state index contributed by atoms with van der Waals surface area (Å²) in [6.45, 7) is 0.479. The van der Waals surface area contributed by atoms with Crippen molar-refractivity contribution in [3.8, 4) is 17.2 Å². The number of methoxy groups -OCH3 is 1. The number of carbonyl (C=O) groups excluding carboxylic acids is 1. The van der Waals surface area contributed by atoms with Gasteiger partial charge in [0.15, 0.2) is 11.6 Å². The molecule has 190 valence electrons. The van der Waals surface area contributed by atoms with Crippen LogP contribution >= 0.6 is 0 Å². The fourth-order valence-electron chi connectivity index (χ4n) is 3.26. The Bertz CT molecular complexity index is 1240. The summed E-state index contributed by atoms with van der Waals surface area (Å²) in [7, 11) is 1.38. The number of amides is 1. The van der Waals surface area contributed by atoms with E-state index >= 15 is 0 Å². The van der Waals surface area contributed by atoms with Crippen LogP contribution in [0.25, 0.3) is 0 Å². The van der Waals surface area contributed by atoms with E-state index in [0.29, 0.717) is 24.5 Å². The molecule has 1 amide bonds. The molecule has 2 heterocycles. The predicted molar refractivity (Wildman–Crippen MR) is 118 cm³/mol. The molecule has 0 bridgehead atoms. The van der Waals surface area contributed by atoms with Crippen LogP contribution in [-0.2, 0) is 0 Å². The molecule has 0 radical (unpaired) electrons. The molecule has 4 rings (SSSR count). The molecule has 8 nitrogen and oxygen atoms in total. The maximum absolute atomic E-state index is 12.5. The highest BCUT2D eigenvalue weighted by molar-refractivity contribution is 5.99. The van der Waals surface area contributed by atoms with Gasteiger partial charge in [-0.15, -0.1) is 13.2 Å². The van der Waals surface area contributed by atoms with Crippen molar-refractivity contribution in [2.75, 3.05) is 13.7 Å². The maximum Gasteiger partial charge on any atom is 0.573 e. The molecule has 1 aliphatic rings. The summed E-state index contributed by atoms with van der Waals surface area (Å²) >= 11 is 0. The van der Waals surface area contributed by atoms with Crippen LogP contribution < -0.4 is 19.5 Å². The Hall–Kier alpha value is -4.35. The number of nitrogens with zero attached hydrogens (tertiary/aromatic N) is 1. The summed E-state index contributed by atoms with van der Waals surface area (Å²) in [6, 6.07) is 11.9. The third-order valence-electron chi connectivity index (χ3n) is 4.85. The topological polar surface area (TPSA) is 107 Å². The van der Waals surface area contributed by atoms with E-state index in [0.717, 1.165) is 12.1 Å². The van der Waals surface area contributed by atoms with Gasteiger partial charge in [0.1, 0.15) is 22.8 Å². The first-order valence-corrected chi connectivity index (χ1v) is 10.4. The zero-order valence-electron chi connectivity index (χ0n) is 18.7. The summed E-state index contributed by atoms with van der Waals surface area (Å²) in [5.74, 6) is -2.52. The number of hydrogen-bond donors (Lipinski definition) is 2. The number of aromatic carboxylic acids is 1. The van der Waals surface area contributed by atoms with Crippen LogP contribution in [0.4, 0.5) is 17.6 Å². The molecule has 1 aromatic heterocycles. The molecule has 0 spiro atoms. The van der Waals surface area contributed by atoms with Gasteiger partial charge in [-0.25, -0.2) is 9.18 Å². The number of carboxylic acids is 1. The minimum Gasteiger partial charge on any atom is -0.496 e. The molecule has 2 aromatic carbocycles. The third-order valence-corrected chi connectivity index (χ3v) is 4.85. The number of halogens is 4. The molecule has 1 aliphatic heterocycles. The van der Waals surface area contributed by atoms with Crippen molar-refractivity contribution in [1.29, 1.82) is 0 Å². The summed E-state index contributed by atoms with van der Waals surface area (Å²) in [5, 5.41) is 12.1. The van der Waals surface area contributed by atoms with E-state index < -0.39 is 23.9 Å². The lowest BCUT2D eigenvalue weighted by atomic mass is 10.0. The van der Waals surface area contributed by atoms with Crippen LogP contribution in [0, 0.1) is 5.82 Å². The summed E-state index contributed by atoms with van der Waals surface area (Å²) in [6.07, 6.45) is -2.61. The lowest BCUT2D eigenvalue weighted by molar-refractivity contribution is -0.275. The van der Waals surface area contributed by atoms with Crippen LogP contribution in [-0.4, -0.2) is 42.0 Å². The Balaban J connectivity index is 0.000000253. The minimum absolute atomic E-state index is 0.0596. The number of hydrogen-bond acceptors (Lipinski definition) is 6. The maximum atomic E-state index is 12.5. The van der Waals surface area contributed by atoms with Gasteiger partial charge in [0.2, 0.25) is 0 Å². The van der Waals surface area contributed by atoms with Gasteiger partial charge >= 0.3 is 12.3 Å². The van der Waals surface area contributed by atoms with E-state index in [9.17, 15) is 32.3 Å².